The van der Waals surface area contributed by atoms with Crippen molar-refractivity contribution in [1.82, 2.24) is 10.6 Å². The molecule has 2 rings (SSSR count). The van der Waals surface area contributed by atoms with Gasteiger partial charge in [0, 0.05) is 38.6 Å². The van der Waals surface area contributed by atoms with Crippen LogP contribution in [-0.4, -0.2) is 45.0 Å². The van der Waals surface area contributed by atoms with E-state index in [-0.39, 0.29) is 18.2 Å². The quantitative estimate of drug-likeness (QED) is 0.733. The number of piperazine rings is 1. The molecule has 20 heavy (non-hydrogen) atoms. The molecule has 0 aromatic heterocycles. The van der Waals surface area contributed by atoms with Crippen LogP contribution in [0.25, 0.3) is 0 Å². The van der Waals surface area contributed by atoms with Crippen molar-refractivity contribution >= 4 is 23.2 Å². The first-order valence-electron chi connectivity index (χ1n) is 6.64. The number of hydrogen-bond acceptors (Lipinski definition) is 4. The molecule has 1 aliphatic heterocycles. The van der Waals surface area contributed by atoms with Crippen molar-refractivity contribution in [1.29, 1.82) is 0 Å². The highest BCUT2D eigenvalue weighted by atomic mass is 16.2. The predicted molar refractivity (Wildman–Crippen MR) is 78.8 cm³/mol. The molecule has 6 nitrogen and oxygen atoms in total. The lowest BCUT2D eigenvalue weighted by molar-refractivity contribution is -0.127. The number of rotatable bonds is 4. The Bertz CT molecular complexity index is 484. The topological polar surface area (TPSA) is 73.5 Å². The van der Waals surface area contributed by atoms with Gasteiger partial charge in [0.1, 0.15) is 0 Å². The first kappa shape index (κ1) is 14.3. The van der Waals surface area contributed by atoms with Crippen molar-refractivity contribution in [2.45, 2.75) is 12.5 Å². The van der Waals surface area contributed by atoms with Crippen LogP contribution in [0.15, 0.2) is 24.3 Å². The van der Waals surface area contributed by atoms with Crippen molar-refractivity contribution < 1.29 is 9.59 Å². The Morgan fingerprint density at radius 2 is 2.00 bits per heavy atom. The first-order valence-corrected chi connectivity index (χ1v) is 6.64. The summed E-state index contributed by atoms with van der Waals surface area (Å²) in [4.78, 5) is 25.4. The Balaban J connectivity index is 1.89. The Kier molecular flexibility index (Phi) is 4.57. The minimum Gasteiger partial charge on any atom is -0.378 e. The Morgan fingerprint density at radius 3 is 2.60 bits per heavy atom. The minimum atomic E-state index is -0.440. The van der Waals surface area contributed by atoms with Gasteiger partial charge in [-0.2, -0.15) is 0 Å². The lowest BCUT2D eigenvalue weighted by atomic mass is 10.1. The molecule has 3 N–H and O–H groups in total. The number of carbonyl (C=O) groups excluding carboxylic acids is 2. The average molecular weight is 276 g/mol. The maximum absolute atomic E-state index is 11.9. The third-order valence-electron chi connectivity index (χ3n) is 3.19. The van der Waals surface area contributed by atoms with E-state index in [1.165, 1.54) is 0 Å². The molecule has 1 saturated heterocycles. The molecule has 6 heteroatoms. The highest BCUT2D eigenvalue weighted by Crippen LogP contribution is 2.15. The molecule has 0 radical (unpaired) electrons. The lowest BCUT2D eigenvalue weighted by Gasteiger charge is -2.22. The maximum Gasteiger partial charge on any atom is 0.237 e. The van der Waals surface area contributed by atoms with E-state index in [1.54, 1.807) is 0 Å². The fraction of sp³-hybridized carbons (Fsp3) is 0.429. The molecule has 1 aliphatic rings. The fourth-order valence-electron chi connectivity index (χ4n) is 2.05. The van der Waals surface area contributed by atoms with Crippen LogP contribution in [0.5, 0.6) is 0 Å². The van der Waals surface area contributed by atoms with Gasteiger partial charge >= 0.3 is 0 Å². The fourth-order valence-corrected chi connectivity index (χ4v) is 2.05. The first-order chi connectivity index (χ1) is 9.56. The molecule has 1 aromatic carbocycles. The van der Waals surface area contributed by atoms with E-state index in [2.05, 4.69) is 16.0 Å². The van der Waals surface area contributed by atoms with E-state index < -0.39 is 6.04 Å². The molecular formula is C14H20N4O2. The van der Waals surface area contributed by atoms with Gasteiger partial charge in [-0.25, -0.2) is 0 Å². The van der Waals surface area contributed by atoms with Gasteiger partial charge in [0.15, 0.2) is 0 Å². The van der Waals surface area contributed by atoms with Crippen LogP contribution >= 0.6 is 0 Å². The van der Waals surface area contributed by atoms with Gasteiger partial charge in [-0.1, -0.05) is 0 Å². The van der Waals surface area contributed by atoms with Crippen LogP contribution < -0.4 is 20.9 Å². The molecule has 0 unspecified atom stereocenters. The van der Waals surface area contributed by atoms with Crippen molar-refractivity contribution in [3.63, 3.8) is 0 Å². The van der Waals surface area contributed by atoms with E-state index in [9.17, 15) is 9.59 Å². The van der Waals surface area contributed by atoms with E-state index >= 15 is 0 Å². The number of benzene rings is 1. The monoisotopic (exact) mass is 276 g/mol. The second-order valence-corrected chi connectivity index (χ2v) is 4.99. The van der Waals surface area contributed by atoms with Gasteiger partial charge in [0.25, 0.3) is 0 Å². The summed E-state index contributed by atoms with van der Waals surface area (Å²) in [6.07, 6.45) is 0.140. The largest absolute Gasteiger partial charge is 0.378 e. The highest BCUT2D eigenvalue weighted by molar-refractivity contribution is 5.95. The van der Waals surface area contributed by atoms with Crippen LogP contribution in [0.2, 0.25) is 0 Å². The number of nitrogens with zero attached hydrogens (tertiary/aromatic N) is 1. The molecule has 1 aromatic rings. The zero-order valence-corrected chi connectivity index (χ0v) is 11.8. The molecule has 1 atom stereocenters. The van der Waals surface area contributed by atoms with Crippen LogP contribution in [-0.2, 0) is 9.59 Å². The van der Waals surface area contributed by atoms with Gasteiger partial charge in [-0.05, 0) is 24.3 Å². The van der Waals surface area contributed by atoms with E-state index in [0.29, 0.717) is 13.1 Å². The molecule has 1 heterocycles. The normalized spacial score (nSPS) is 18.3. The summed E-state index contributed by atoms with van der Waals surface area (Å²) in [7, 11) is 3.92. The molecule has 2 amide bonds. The molecular weight excluding hydrogens is 256 g/mol. The molecule has 0 saturated carbocycles. The van der Waals surface area contributed by atoms with Gasteiger partial charge in [-0.15, -0.1) is 0 Å². The second kappa shape index (κ2) is 6.38. The smallest absolute Gasteiger partial charge is 0.237 e. The number of anilines is 2. The standard InChI is InChI=1S/C14H20N4O2/c1-18(2)11-5-3-10(4-6-11)17-13(19)9-12-14(20)16-8-7-15-12/h3-6,12,15H,7-9H2,1-2H3,(H,16,20)(H,17,19)/t12-/m0/s1. The summed E-state index contributed by atoms with van der Waals surface area (Å²) in [6.45, 7) is 1.31. The third-order valence-corrected chi connectivity index (χ3v) is 3.19. The summed E-state index contributed by atoms with van der Waals surface area (Å²) < 4.78 is 0. The SMILES string of the molecule is CN(C)c1ccc(NC(=O)C[C@@H]2NCCNC2=O)cc1. The number of carbonyl (C=O) groups is 2. The summed E-state index contributed by atoms with van der Waals surface area (Å²) in [5.41, 5.74) is 1.80. The minimum absolute atomic E-state index is 0.116. The molecule has 0 spiro atoms. The average Bonchev–Trinajstić information content (AvgIpc) is 2.42. The van der Waals surface area contributed by atoms with E-state index in [0.717, 1.165) is 11.4 Å². The lowest BCUT2D eigenvalue weighted by Crippen LogP contribution is -2.53. The van der Waals surface area contributed by atoms with Gasteiger partial charge in [-0.3, -0.25) is 9.59 Å². The summed E-state index contributed by atoms with van der Waals surface area (Å²) in [5.74, 6) is -0.286. The molecule has 108 valence electrons. The van der Waals surface area contributed by atoms with E-state index in [1.807, 2.05) is 43.3 Å². The van der Waals surface area contributed by atoms with E-state index in [4.69, 9.17) is 0 Å². The maximum atomic E-state index is 11.9. The van der Waals surface area contributed by atoms with Crippen molar-refractivity contribution in [3.05, 3.63) is 24.3 Å². The highest BCUT2D eigenvalue weighted by Gasteiger charge is 2.23. The van der Waals surface area contributed by atoms with Gasteiger partial charge in [0.05, 0.1) is 12.5 Å². The van der Waals surface area contributed by atoms with Crippen molar-refractivity contribution in [2.75, 3.05) is 37.4 Å². The number of hydrogen-bond donors (Lipinski definition) is 3. The van der Waals surface area contributed by atoms with Gasteiger partial charge < -0.3 is 20.9 Å². The Hall–Kier alpha value is -2.08. The summed E-state index contributed by atoms with van der Waals surface area (Å²) in [5, 5.41) is 8.56. The number of amides is 2. The van der Waals surface area contributed by atoms with Crippen LogP contribution in [0.3, 0.4) is 0 Å². The molecule has 1 fully saturated rings. The molecule has 0 bridgehead atoms. The second-order valence-electron chi connectivity index (χ2n) is 4.99. The zero-order chi connectivity index (χ0) is 14.5. The van der Waals surface area contributed by atoms with Crippen LogP contribution in [0, 0.1) is 0 Å². The summed E-state index contributed by atoms with van der Waals surface area (Å²) >= 11 is 0. The predicted octanol–water partition coefficient (Wildman–Crippen LogP) is 0.169. The third kappa shape index (κ3) is 3.71. The van der Waals surface area contributed by atoms with Crippen molar-refractivity contribution in [3.8, 4) is 0 Å². The Labute approximate surface area is 118 Å². The van der Waals surface area contributed by atoms with Crippen LogP contribution in [0.1, 0.15) is 6.42 Å². The molecule has 0 aliphatic carbocycles. The summed E-state index contributed by atoms with van der Waals surface area (Å²) in [6, 6.07) is 7.12. The van der Waals surface area contributed by atoms with Crippen LogP contribution in [0.4, 0.5) is 11.4 Å². The number of nitrogens with one attached hydrogen (secondary N) is 3. The van der Waals surface area contributed by atoms with Gasteiger partial charge in [0.2, 0.25) is 11.8 Å². The zero-order valence-electron chi connectivity index (χ0n) is 11.8. The van der Waals surface area contributed by atoms with Crippen molar-refractivity contribution in [2.24, 2.45) is 0 Å². The Morgan fingerprint density at radius 1 is 1.30 bits per heavy atom.